The van der Waals surface area contributed by atoms with Gasteiger partial charge in [-0.05, 0) is 51.2 Å². The van der Waals surface area contributed by atoms with E-state index in [1.54, 1.807) is 31.2 Å². The highest BCUT2D eigenvalue weighted by Gasteiger charge is 2.11. The van der Waals surface area contributed by atoms with Gasteiger partial charge in [0.25, 0.3) is 5.91 Å². The van der Waals surface area contributed by atoms with Crippen molar-refractivity contribution in [2.75, 3.05) is 11.9 Å². The summed E-state index contributed by atoms with van der Waals surface area (Å²) in [6.07, 6.45) is -0.0232. The molecule has 1 aromatic carbocycles. The van der Waals surface area contributed by atoms with Crippen LogP contribution in [0.1, 0.15) is 44.0 Å². The molecule has 0 fully saturated rings. The van der Waals surface area contributed by atoms with Crippen LogP contribution in [0.3, 0.4) is 0 Å². The van der Waals surface area contributed by atoms with Gasteiger partial charge in [0.1, 0.15) is 0 Å². The number of hydrogen-bond donors (Lipinski definition) is 3. The Hall–Kier alpha value is -2.48. The Morgan fingerprint density at radius 1 is 1.20 bits per heavy atom. The number of carbonyl (C=O) groups excluding carboxylic acids is 3. The molecule has 0 unspecified atom stereocenters. The molecule has 0 aliphatic carbocycles. The lowest BCUT2D eigenvalue weighted by atomic mass is 10.2. The molecule has 3 N–H and O–H groups in total. The predicted molar refractivity (Wildman–Crippen MR) is 99.3 cm³/mol. The normalized spacial score (nSPS) is 10.1. The lowest BCUT2D eigenvalue weighted by Crippen LogP contribution is -2.34. The number of thiocarbonyl (C=S) groups is 1. The first-order chi connectivity index (χ1) is 11.8. The van der Waals surface area contributed by atoms with Crippen LogP contribution in [0, 0.1) is 0 Å². The topological polar surface area (TPSA) is 96.5 Å². The number of amides is 2. The van der Waals surface area contributed by atoms with Crippen molar-refractivity contribution in [3.8, 4) is 0 Å². The van der Waals surface area contributed by atoms with Crippen molar-refractivity contribution in [1.82, 2.24) is 10.6 Å². The summed E-state index contributed by atoms with van der Waals surface area (Å²) >= 11 is 5.06. The molecule has 136 valence electrons. The van der Waals surface area contributed by atoms with E-state index >= 15 is 0 Å². The Kier molecular flexibility index (Phi) is 8.55. The van der Waals surface area contributed by atoms with Gasteiger partial charge in [0.2, 0.25) is 5.91 Å². The summed E-state index contributed by atoms with van der Waals surface area (Å²) in [5, 5.41) is 8.21. The molecule has 0 radical (unpaired) electrons. The molecule has 0 aromatic heterocycles. The van der Waals surface area contributed by atoms with E-state index < -0.39 is 5.97 Å². The zero-order valence-corrected chi connectivity index (χ0v) is 15.4. The van der Waals surface area contributed by atoms with Gasteiger partial charge in [-0.2, -0.15) is 0 Å². The second-order valence-electron chi connectivity index (χ2n) is 5.52. The Morgan fingerprint density at radius 2 is 1.92 bits per heavy atom. The molecule has 0 aliphatic rings. The maximum atomic E-state index is 12.0. The number of carbonyl (C=O) groups is 3. The summed E-state index contributed by atoms with van der Waals surface area (Å²) in [6.45, 7) is 5.73. The Bertz CT molecular complexity index is 647. The number of anilines is 1. The number of hydrogen-bond acceptors (Lipinski definition) is 5. The second kappa shape index (κ2) is 10.4. The molecule has 7 nitrogen and oxygen atoms in total. The highest BCUT2D eigenvalue weighted by atomic mass is 32.1. The van der Waals surface area contributed by atoms with Crippen molar-refractivity contribution in [2.24, 2.45) is 0 Å². The molecule has 1 rings (SSSR count). The van der Waals surface area contributed by atoms with E-state index in [-0.39, 0.29) is 42.4 Å². The van der Waals surface area contributed by atoms with Gasteiger partial charge >= 0.3 is 5.97 Å². The fraction of sp³-hybridized carbons (Fsp3) is 0.412. The first-order valence-electron chi connectivity index (χ1n) is 7.99. The van der Waals surface area contributed by atoms with Crippen LogP contribution in [-0.4, -0.2) is 35.5 Å². The summed E-state index contributed by atoms with van der Waals surface area (Å²) in [6, 6.07) is 6.79. The van der Waals surface area contributed by atoms with Gasteiger partial charge < -0.3 is 20.7 Å². The molecule has 8 heteroatoms. The molecule has 0 spiro atoms. The highest BCUT2D eigenvalue weighted by Crippen LogP contribution is 2.11. The van der Waals surface area contributed by atoms with Crippen LogP contribution in [-0.2, 0) is 14.3 Å². The Balaban J connectivity index is 2.52. The average molecular weight is 365 g/mol. The number of nitrogens with one attached hydrogen (secondary N) is 3. The molecule has 0 heterocycles. The number of benzene rings is 1. The largest absolute Gasteiger partial charge is 0.466 e. The summed E-state index contributed by atoms with van der Waals surface area (Å²) in [7, 11) is 0. The molecule has 0 saturated carbocycles. The van der Waals surface area contributed by atoms with Crippen molar-refractivity contribution in [2.45, 2.75) is 39.7 Å². The van der Waals surface area contributed by atoms with E-state index in [0.29, 0.717) is 11.3 Å². The highest BCUT2D eigenvalue weighted by molar-refractivity contribution is 7.80. The lowest BCUT2D eigenvalue weighted by molar-refractivity contribution is -0.144. The van der Waals surface area contributed by atoms with E-state index in [9.17, 15) is 14.4 Å². The summed E-state index contributed by atoms with van der Waals surface area (Å²) in [5.74, 6) is -1.01. The third-order valence-corrected chi connectivity index (χ3v) is 3.12. The fourth-order valence-electron chi connectivity index (χ4n) is 1.88. The second-order valence-corrected chi connectivity index (χ2v) is 5.92. The molecular formula is C17H23N3O4S. The Morgan fingerprint density at radius 3 is 2.56 bits per heavy atom. The molecule has 25 heavy (non-hydrogen) atoms. The maximum Gasteiger partial charge on any atom is 0.306 e. The van der Waals surface area contributed by atoms with E-state index in [4.69, 9.17) is 17.0 Å². The van der Waals surface area contributed by atoms with Crippen molar-refractivity contribution in [3.63, 3.8) is 0 Å². The molecule has 0 bridgehead atoms. The number of ether oxygens (including phenoxy) is 1. The van der Waals surface area contributed by atoms with Crippen molar-refractivity contribution >= 4 is 40.8 Å². The molecule has 2 amide bonds. The van der Waals surface area contributed by atoms with E-state index in [1.807, 2.05) is 13.8 Å². The van der Waals surface area contributed by atoms with Crippen molar-refractivity contribution < 1.29 is 19.1 Å². The van der Waals surface area contributed by atoms with Gasteiger partial charge in [-0.15, -0.1) is 0 Å². The predicted octanol–water partition coefficient (Wildman–Crippen LogP) is 1.98. The summed E-state index contributed by atoms with van der Waals surface area (Å²) < 4.78 is 4.75. The molecule has 0 atom stereocenters. The van der Waals surface area contributed by atoms with Crippen molar-refractivity contribution in [3.05, 3.63) is 29.8 Å². The molecule has 0 saturated heterocycles. The lowest BCUT2D eigenvalue weighted by Gasteiger charge is -2.12. The van der Waals surface area contributed by atoms with Crippen LogP contribution >= 0.6 is 12.2 Å². The van der Waals surface area contributed by atoms with Gasteiger partial charge in [0, 0.05) is 23.7 Å². The quantitative estimate of drug-likeness (QED) is 0.505. The van der Waals surface area contributed by atoms with Crippen LogP contribution in [0.4, 0.5) is 5.69 Å². The molecular weight excluding hydrogens is 342 g/mol. The maximum absolute atomic E-state index is 12.0. The standard InChI is InChI=1S/C17H23N3O4S/c1-4-24-15(22)9-8-14(21)20-17(25)19-13-7-5-6-12(10-13)16(23)18-11(2)3/h5-7,10-11H,4,8-9H2,1-3H3,(H,18,23)(H2,19,20,21,25). The van der Waals surface area contributed by atoms with Crippen LogP contribution in [0.25, 0.3) is 0 Å². The summed E-state index contributed by atoms with van der Waals surface area (Å²) in [5.41, 5.74) is 1.06. The zero-order chi connectivity index (χ0) is 18.8. The minimum atomic E-state index is -0.430. The SMILES string of the molecule is CCOC(=O)CCC(=O)NC(=S)Nc1cccc(C(=O)NC(C)C)c1. The smallest absolute Gasteiger partial charge is 0.306 e. The van der Waals surface area contributed by atoms with Gasteiger partial charge in [0.05, 0.1) is 13.0 Å². The van der Waals surface area contributed by atoms with Gasteiger partial charge in [-0.1, -0.05) is 6.07 Å². The van der Waals surface area contributed by atoms with Crippen LogP contribution in [0.15, 0.2) is 24.3 Å². The molecule has 0 aliphatic heterocycles. The van der Waals surface area contributed by atoms with Gasteiger partial charge in [-0.3, -0.25) is 14.4 Å². The molecule has 1 aromatic rings. The Labute approximate surface area is 152 Å². The van der Waals surface area contributed by atoms with E-state index in [0.717, 1.165) is 0 Å². The monoisotopic (exact) mass is 365 g/mol. The summed E-state index contributed by atoms with van der Waals surface area (Å²) in [4.78, 5) is 34.9. The van der Waals surface area contributed by atoms with Gasteiger partial charge in [0.15, 0.2) is 5.11 Å². The van der Waals surface area contributed by atoms with Crippen molar-refractivity contribution in [1.29, 1.82) is 0 Å². The first kappa shape index (κ1) is 20.6. The van der Waals surface area contributed by atoms with Crippen LogP contribution in [0.5, 0.6) is 0 Å². The first-order valence-corrected chi connectivity index (χ1v) is 8.40. The van der Waals surface area contributed by atoms with E-state index in [2.05, 4.69) is 16.0 Å². The zero-order valence-electron chi connectivity index (χ0n) is 14.5. The number of rotatable bonds is 7. The average Bonchev–Trinajstić information content (AvgIpc) is 2.52. The minimum Gasteiger partial charge on any atom is -0.466 e. The van der Waals surface area contributed by atoms with Gasteiger partial charge in [-0.25, -0.2) is 0 Å². The van der Waals surface area contributed by atoms with E-state index in [1.165, 1.54) is 0 Å². The number of esters is 1. The third kappa shape index (κ3) is 8.25. The van der Waals surface area contributed by atoms with Crippen LogP contribution < -0.4 is 16.0 Å². The van der Waals surface area contributed by atoms with Crippen LogP contribution in [0.2, 0.25) is 0 Å². The fourth-order valence-corrected chi connectivity index (χ4v) is 2.12. The third-order valence-electron chi connectivity index (χ3n) is 2.92. The minimum absolute atomic E-state index is 0.00680.